The van der Waals surface area contributed by atoms with Crippen molar-refractivity contribution in [2.24, 2.45) is 0 Å². The predicted octanol–water partition coefficient (Wildman–Crippen LogP) is 2.38. The average molecular weight is 293 g/mol. The number of halogens is 1. The molecule has 20 heavy (non-hydrogen) atoms. The van der Waals surface area contributed by atoms with E-state index in [2.05, 4.69) is 25.3 Å². The lowest BCUT2D eigenvalue weighted by molar-refractivity contribution is 0.783. The van der Waals surface area contributed by atoms with Gasteiger partial charge in [0.25, 0.3) is 0 Å². The van der Waals surface area contributed by atoms with Crippen LogP contribution in [0.4, 0.5) is 11.9 Å². The molecule has 0 atom stereocenters. The van der Waals surface area contributed by atoms with Crippen LogP contribution in [0.5, 0.6) is 0 Å². The van der Waals surface area contributed by atoms with E-state index in [1.54, 1.807) is 12.4 Å². The van der Waals surface area contributed by atoms with E-state index < -0.39 is 0 Å². The van der Waals surface area contributed by atoms with Crippen LogP contribution in [0.2, 0.25) is 5.28 Å². The van der Waals surface area contributed by atoms with Crippen molar-refractivity contribution in [3.8, 4) is 0 Å². The molecule has 0 unspecified atom stereocenters. The Balaban J connectivity index is 2.22. The predicted molar refractivity (Wildman–Crippen MR) is 80.0 cm³/mol. The summed E-state index contributed by atoms with van der Waals surface area (Å²) in [7, 11) is 0. The fourth-order valence-electron chi connectivity index (χ4n) is 1.75. The first-order valence-electron chi connectivity index (χ1n) is 6.52. The summed E-state index contributed by atoms with van der Waals surface area (Å²) in [5.74, 6) is 1.07. The summed E-state index contributed by atoms with van der Waals surface area (Å²) in [6.45, 7) is 6.23. The maximum atomic E-state index is 5.95. The molecule has 2 aromatic rings. The number of nitrogens with one attached hydrogen (secondary N) is 1. The Hall–Kier alpha value is -1.95. The van der Waals surface area contributed by atoms with Crippen LogP contribution in [0.25, 0.3) is 0 Å². The first-order chi connectivity index (χ1) is 9.72. The highest BCUT2D eigenvalue weighted by Crippen LogP contribution is 2.16. The maximum Gasteiger partial charge on any atom is 0.231 e. The van der Waals surface area contributed by atoms with Crippen LogP contribution in [0.15, 0.2) is 24.5 Å². The van der Waals surface area contributed by atoms with Crippen molar-refractivity contribution in [2.75, 3.05) is 23.3 Å². The van der Waals surface area contributed by atoms with Gasteiger partial charge in [-0.25, -0.2) is 0 Å². The number of hydrogen-bond donors (Lipinski definition) is 1. The summed E-state index contributed by atoms with van der Waals surface area (Å²) < 4.78 is 0. The second-order valence-electron chi connectivity index (χ2n) is 4.13. The van der Waals surface area contributed by atoms with Crippen LogP contribution in [0.3, 0.4) is 0 Å². The Morgan fingerprint density at radius 3 is 2.55 bits per heavy atom. The normalized spacial score (nSPS) is 10.3. The first-order valence-corrected chi connectivity index (χ1v) is 6.90. The van der Waals surface area contributed by atoms with Gasteiger partial charge in [0, 0.05) is 32.0 Å². The number of rotatable bonds is 6. The van der Waals surface area contributed by atoms with Crippen molar-refractivity contribution >= 4 is 23.5 Å². The Kier molecular flexibility index (Phi) is 5.06. The van der Waals surface area contributed by atoms with Crippen LogP contribution < -0.4 is 10.2 Å². The van der Waals surface area contributed by atoms with E-state index in [0.29, 0.717) is 18.4 Å². The molecule has 0 bridgehead atoms. The van der Waals surface area contributed by atoms with Gasteiger partial charge in [-0.05, 0) is 43.1 Å². The van der Waals surface area contributed by atoms with E-state index in [1.807, 2.05) is 30.9 Å². The first kappa shape index (κ1) is 14.5. The van der Waals surface area contributed by atoms with Crippen molar-refractivity contribution in [3.63, 3.8) is 0 Å². The minimum absolute atomic E-state index is 0.194. The summed E-state index contributed by atoms with van der Waals surface area (Å²) >= 11 is 5.95. The Labute approximate surface area is 123 Å². The van der Waals surface area contributed by atoms with Gasteiger partial charge in [-0.15, -0.1) is 0 Å². The number of aromatic nitrogens is 4. The molecule has 0 amide bonds. The lowest BCUT2D eigenvalue weighted by atomic mass is 10.2. The van der Waals surface area contributed by atoms with Gasteiger partial charge in [-0.3, -0.25) is 4.98 Å². The molecule has 0 radical (unpaired) electrons. The standard InChI is InChI=1S/C13H17ClN6/c1-3-16-12-17-11(14)18-13(19-12)20(4-2)9-10-5-7-15-8-6-10/h5-8H,3-4,9H2,1-2H3,(H,16,17,18,19). The van der Waals surface area contributed by atoms with E-state index in [-0.39, 0.29) is 5.28 Å². The zero-order chi connectivity index (χ0) is 14.4. The lowest BCUT2D eigenvalue weighted by Gasteiger charge is -2.21. The highest BCUT2D eigenvalue weighted by Gasteiger charge is 2.11. The van der Waals surface area contributed by atoms with Gasteiger partial charge >= 0.3 is 0 Å². The third-order valence-electron chi connectivity index (χ3n) is 2.72. The Morgan fingerprint density at radius 2 is 1.90 bits per heavy atom. The van der Waals surface area contributed by atoms with Gasteiger partial charge in [-0.1, -0.05) is 0 Å². The molecule has 2 aromatic heterocycles. The lowest BCUT2D eigenvalue weighted by Crippen LogP contribution is -2.25. The fourth-order valence-corrected chi connectivity index (χ4v) is 1.91. The molecule has 2 rings (SSSR count). The van der Waals surface area contributed by atoms with Gasteiger partial charge < -0.3 is 10.2 Å². The van der Waals surface area contributed by atoms with Gasteiger partial charge in [0.1, 0.15) is 0 Å². The average Bonchev–Trinajstić information content (AvgIpc) is 2.45. The van der Waals surface area contributed by atoms with E-state index >= 15 is 0 Å². The van der Waals surface area contributed by atoms with E-state index in [4.69, 9.17) is 11.6 Å². The van der Waals surface area contributed by atoms with Crippen LogP contribution in [-0.4, -0.2) is 33.0 Å². The maximum absolute atomic E-state index is 5.95. The highest BCUT2D eigenvalue weighted by molar-refractivity contribution is 6.28. The molecule has 0 saturated carbocycles. The number of nitrogens with zero attached hydrogens (tertiary/aromatic N) is 5. The second kappa shape index (κ2) is 7.00. The van der Waals surface area contributed by atoms with Crippen LogP contribution in [0.1, 0.15) is 19.4 Å². The Bertz CT molecular complexity index is 548. The van der Waals surface area contributed by atoms with Gasteiger partial charge in [0.2, 0.25) is 17.2 Å². The van der Waals surface area contributed by atoms with Crippen molar-refractivity contribution < 1.29 is 0 Å². The largest absolute Gasteiger partial charge is 0.354 e. The summed E-state index contributed by atoms with van der Waals surface area (Å²) in [5.41, 5.74) is 1.14. The summed E-state index contributed by atoms with van der Waals surface area (Å²) in [6.07, 6.45) is 3.54. The molecule has 0 aromatic carbocycles. The van der Waals surface area contributed by atoms with Crippen molar-refractivity contribution in [3.05, 3.63) is 35.4 Å². The third kappa shape index (κ3) is 3.77. The van der Waals surface area contributed by atoms with E-state index in [1.165, 1.54) is 0 Å². The molecule has 1 N–H and O–H groups in total. The summed E-state index contributed by atoms with van der Waals surface area (Å²) in [4.78, 5) is 18.7. The molecule has 7 heteroatoms. The van der Waals surface area contributed by atoms with Crippen molar-refractivity contribution in [1.29, 1.82) is 0 Å². The molecule has 106 valence electrons. The van der Waals surface area contributed by atoms with Crippen LogP contribution >= 0.6 is 11.6 Å². The molecule has 0 spiro atoms. The van der Waals surface area contributed by atoms with E-state index in [9.17, 15) is 0 Å². The van der Waals surface area contributed by atoms with Gasteiger partial charge in [0.15, 0.2) is 0 Å². The topological polar surface area (TPSA) is 66.8 Å². The summed E-state index contributed by atoms with van der Waals surface area (Å²) in [6, 6.07) is 3.94. The SMILES string of the molecule is CCNc1nc(Cl)nc(N(CC)Cc2ccncc2)n1. The van der Waals surface area contributed by atoms with Gasteiger partial charge in [-0.2, -0.15) is 15.0 Å². The molecule has 0 aliphatic rings. The highest BCUT2D eigenvalue weighted by atomic mass is 35.5. The quantitative estimate of drug-likeness (QED) is 0.882. The third-order valence-corrected chi connectivity index (χ3v) is 2.89. The fraction of sp³-hybridized carbons (Fsp3) is 0.385. The number of hydrogen-bond acceptors (Lipinski definition) is 6. The molecule has 0 aliphatic carbocycles. The monoisotopic (exact) mass is 292 g/mol. The number of anilines is 2. The van der Waals surface area contributed by atoms with Crippen molar-refractivity contribution in [1.82, 2.24) is 19.9 Å². The van der Waals surface area contributed by atoms with E-state index in [0.717, 1.165) is 18.7 Å². The molecule has 0 aliphatic heterocycles. The zero-order valence-electron chi connectivity index (χ0n) is 11.5. The molecule has 6 nitrogen and oxygen atoms in total. The minimum atomic E-state index is 0.194. The number of pyridine rings is 1. The smallest absolute Gasteiger partial charge is 0.231 e. The molecule has 0 fully saturated rings. The second-order valence-corrected chi connectivity index (χ2v) is 4.47. The Morgan fingerprint density at radius 1 is 1.15 bits per heavy atom. The minimum Gasteiger partial charge on any atom is -0.354 e. The zero-order valence-corrected chi connectivity index (χ0v) is 12.3. The summed E-state index contributed by atoms with van der Waals surface area (Å²) in [5, 5.41) is 3.24. The molecular formula is C13H17ClN6. The van der Waals surface area contributed by atoms with Crippen LogP contribution in [-0.2, 0) is 6.54 Å². The van der Waals surface area contributed by atoms with Crippen LogP contribution in [0, 0.1) is 0 Å². The molecular weight excluding hydrogens is 276 g/mol. The molecule has 0 saturated heterocycles. The van der Waals surface area contributed by atoms with Gasteiger partial charge in [0.05, 0.1) is 0 Å². The van der Waals surface area contributed by atoms with Crippen molar-refractivity contribution in [2.45, 2.75) is 20.4 Å². The molecule has 2 heterocycles.